The highest BCUT2D eigenvalue weighted by Gasteiger charge is 2.23. The van der Waals surface area contributed by atoms with E-state index in [0.717, 1.165) is 24.2 Å². The van der Waals surface area contributed by atoms with Crippen molar-refractivity contribution in [3.63, 3.8) is 0 Å². The van der Waals surface area contributed by atoms with Crippen LogP contribution in [0.5, 0.6) is 0 Å². The Bertz CT molecular complexity index is 376. The first kappa shape index (κ1) is 13.6. The van der Waals surface area contributed by atoms with Gasteiger partial charge in [0.05, 0.1) is 0 Å². The lowest BCUT2D eigenvalue weighted by atomic mass is 10.1. The molecule has 3 heteroatoms. The molecule has 0 spiro atoms. The molecular weight excluding hydrogens is 214 g/mol. The zero-order valence-corrected chi connectivity index (χ0v) is 10.8. The summed E-state index contributed by atoms with van der Waals surface area (Å²) in [6.45, 7) is 6.78. The summed E-state index contributed by atoms with van der Waals surface area (Å²) >= 11 is 0. The minimum absolute atomic E-state index is 0.434. The Kier molecular flexibility index (Phi) is 5.01. The average Bonchev–Trinajstić information content (AvgIpc) is 2.28. The van der Waals surface area contributed by atoms with Crippen molar-refractivity contribution < 1.29 is 9.90 Å². The van der Waals surface area contributed by atoms with Crippen LogP contribution in [0.3, 0.4) is 0 Å². The van der Waals surface area contributed by atoms with Crippen LogP contribution in [0.1, 0.15) is 32.3 Å². The molecule has 0 aromatic heterocycles. The highest BCUT2D eigenvalue weighted by atomic mass is 16.4. The van der Waals surface area contributed by atoms with Crippen molar-refractivity contribution in [2.75, 3.05) is 11.4 Å². The van der Waals surface area contributed by atoms with Gasteiger partial charge in [0.25, 0.3) is 0 Å². The molecule has 0 amide bonds. The third kappa shape index (κ3) is 3.48. The fraction of sp³-hybridized carbons (Fsp3) is 0.500. The van der Waals surface area contributed by atoms with Gasteiger partial charge >= 0.3 is 5.97 Å². The van der Waals surface area contributed by atoms with E-state index < -0.39 is 12.0 Å². The third-order valence-corrected chi connectivity index (χ3v) is 2.85. The van der Waals surface area contributed by atoms with Gasteiger partial charge in [-0.1, -0.05) is 26.0 Å². The molecule has 0 aliphatic rings. The van der Waals surface area contributed by atoms with Crippen molar-refractivity contribution in [2.45, 2.75) is 39.7 Å². The fourth-order valence-corrected chi connectivity index (χ4v) is 2.04. The highest BCUT2D eigenvalue weighted by molar-refractivity contribution is 5.78. The van der Waals surface area contributed by atoms with Gasteiger partial charge in [0.1, 0.15) is 6.04 Å². The maximum atomic E-state index is 11.3. The van der Waals surface area contributed by atoms with E-state index in [2.05, 4.69) is 6.92 Å². The minimum atomic E-state index is -0.748. The summed E-state index contributed by atoms with van der Waals surface area (Å²) in [5.74, 6) is -0.748. The number of carboxylic acid groups (broad SMARTS) is 1. The summed E-state index contributed by atoms with van der Waals surface area (Å²) in [7, 11) is 0. The van der Waals surface area contributed by atoms with E-state index in [9.17, 15) is 9.90 Å². The van der Waals surface area contributed by atoms with Gasteiger partial charge < -0.3 is 10.0 Å². The lowest BCUT2D eigenvalue weighted by molar-refractivity contribution is -0.138. The molecule has 0 fully saturated rings. The Labute approximate surface area is 103 Å². The van der Waals surface area contributed by atoms with E-state index in [1.165, 1.54) is 0 Å². The van der Waals surface area contributed by atoms with Crippen LogP contribution in [-0.2, 0) is 4.79 Å². The van der Waals surface area contributed by atoms with Gasteiger partial charge in [-0.25, -0.2) is 4.79 Å². The monoisotopic (exact) mass is 235 g/mol. The van der Waals surface area contributed by atoms with Crippen LogP contribution >= 0.6 is 0 Å². The predicted octanol–water partition coefficient (Wildman–Crippen LogP) is 3.07. The van der Waals surface area contributed by atoms with E-state index in [1.807, 2.05) is 43.0 Å². The van der Waals surface area contributed by atoms with Gasteiger partial charge in [0.15, 0.2) is 0 Å². The van der Waals surface area contributed by atoms with Crippen molar-refractivity contribution in [1.29, 1.82) is 0 Å². The van der Waals surface area contributed by atoms with Gasteiger partial charge in [-0.05, 0) is 37.5 Å². The molecule has 1 unspecified atom stereocenters. The first-order valence-corrected chi connectivity index (χ1v) is 6.16. The minimum Gasteiger partial charge on any atom is -0.480 e. The number of hydrogen-bond acceptors (Lipinski definition) is 2. The number of carbonyl (C=O) groups is 1. The molecule has 0 saturated heterocycles. The zero-order chi connectivity index (χ0) is 12.8. The van der Waals surface area contributed by atoms with Crippen LogP contribution < -0.4 is 4.90 Å². The second-order valence-corrected chi connectivity index (χ2v) is 4.29. The van der Waals surface area contributed by atoms with E-state index >= 15 is 0 Å². The van der Waals surface area contributed by atoms with Crippen LogP contribution in [0.15, 0.2) is 24.3 Å². The van der Waals surface area contributed by atoms with Gasteiger partial charge in [-0.3, -0.25) is 0 Å². The SMILES string of the molecule is CCCN(c1cccc(C)c1)C(CC)C(=O)O. The third-order valence-electron chi connectivity index (χ3n) is 2.85. The quantitative estimate of drug-likeness (QED) is 0.823. The number of benzene rings is 1. The van der Waals surface area contributed by atoms with E-state index in [0.29, 0.717) is 6.42 Å². The number of hydrogen-bond donors (Lipinski definition) is 1. The molecule has 0 aliphatic heterocycles. The maximum absolute atomic E-state index is 11.3. The molecule has 1 rings (SSSR count). The Morgan fingerprint density at radius 3 is 2.59 bits per heavy atom. The molecule has 1 aromatic carbocycles. The summed E-state index contributed by atoms with van der Waals surface area (Å²) in [6, 6.07) is 7.59. The summed E-state index contributed by atoms with van der Waals surface area (Å²) in [6.07, 6.45) is 1.56. The fourth-order valence-electron chi connectivity index (χ4n) is 2.04. The molecule has 0 bridgehead atoms. The first-order valence-electron chi connectivity index (χ1n) is 6.16. The summed E-state index contributed by atoms with van der Waals surface area (Å²) in [5, 5.41) is 9.26. The van der Waals surface area contributed by atoms with Crippen molar-refractivity contribution >= 4 is 11.7 Å². The lowest BCUT2D eigenvalue weighted by Crippen LogP contribution is -2.41. The van der Waals surface area contributed by atoms with Crippen molar-refractivity contribution in [2.24, 2.45) is 0 Å². The standard InChI is InChI=1S/C14H21NO2/c1-4-9-15(13(5-2)14(16)17)12-8-6-7-11(3)10-12/h6-8,10,13H,4-5,9H2,1-3H3,(H,16,17). The summed E-state index contributed by atoms with van der Waals surface area (Å²) in [4.78, 5) is 13.2. The predicted molar refractivity (Wildman–Crippen MR) is 70.5 cm³/mol. The second kappa shape index (κ2) is 6.28. The number of nitrogens with zero attached hydrogens (tertiary/aromatic N) is 1. The number of anilines is 1. The van der Waals surface area contributed by atoms with Crippen LogP contribution in [0.25, 0.3) is 0 Å². The number of carboxylic acids is 1. The number of aryl methyl sites for hydroxylation is 1. The molecular formula is C14H21NO2. The molecule has 1 atom stereocenters. The Morgan fingerprint density at radius 2 is 2.12 bits per heavy atom. The molecule has 3 nitrogen and oxygen atoms in total. The van der Waals surface area contributed by atoms with Crippen LogP contribution in [0.4, 0.5) is 5.69 Å². The molecule has 0 radical (unpaired) electrons. The molecule has 17 heavy (non-hydrogen) atoms. The number of rotatable bonds is 6. The molecule has 0 saturated carbocycles. The molecule has 0 aliphatic carbocycles. The van der Waals surface area contributed by atoms with Crippen molar-refractivity contribution in [3.05, 3.63) is 29.8 Å². The van der Waals surface area contributed by atoms with Gasteiger partial charge in [0.2, 0.25) is 0 Å². The number of aliphatic carboxylic acids is 1. The topological polar surface area (TPSA) is 40.5 Å². The van der Waals surface area contributed by atoms with Gasteiger partial charge in [-0.15, -0.1) is 0 Å². The smallest absolute Gasteiger partial charge is 0.326 e. The molecule has 0 heterocycles. The van der Waals surface area contributed by atoms with Crippen LogP contribution in [0.2, 0.25) is 0 Å². The Balaban J connectivity index is 3.03. The Morgan fingerprint density at radius 1 is 1.41 bits per heavy atom. The normalized spacial score (nSPS) is 12.2. The zero-order valence-electron chi connectivity index (χ0n) is 10.8. The maximum Gasteiger partial charge on any atom is 0.326 e. The van der Waals surface area contributed by atoms with Crippen molar-refractivity contribution in [1.82, 2.24) is 0 Å². The van der Waals surface area contributed by atoms with Gasteiger partial charge in [0, 0.05) is 12.2 Å². The molecule has 94 valence electrons. The van der Waals surface area contributed by atoms with Gasteiger partial charge in [-0.2, -0.15) is 0 Å². The van der Waals surface area contributed by atoms with Crippen LogP contribution in [0, 0.1) is 6.92 Å². The summed E-state index contributed by atoms with van der Waals surface area (Å²) < 4.78 is 0. The van der Waals surface area contributed by atoms with E-state index in [-0.39, 0.29) is 0 Å². The molecule has 1 N–H and O–H groups in total. The Hall–Kier alpha value is -1.51. The average molecular weight is 235 g/mol. The lowest BCUT2D eigenvalue weighted by Gasteiger charge is -2.30. The summed E-state index contributed by atoms with van der Waals surface area (Å²) in [5.41, 5.74) is 2.16. The molecule has 1 aromatic rings. The van der Waals surface area contributed by atoms with Crippen molar-refractivity contribution in [3.8, 4) is 0 Å². The van der Waals surface area contributed by atoms with Crippen LogP contribution in [-0.4, -0.2) is 23.7 Å². The first-order chi connectivity index (χ1) is 8.10. The van der Waals surface area contributed by atoms with E-state index in [4.69, 9.17) is 0 Å². The second-order valence-electron chi connectivity index (χ2n) is 4.29. The largest absolute Gasteiger partial charge is 0.480 e. The highest BCUT2D eigenvalue weighted by Crippen LogP contribution is 2.20. The van der Waals surface area contributed by atoms with E-state index in [1.54, 1.807) is 0 Å².